The largest absolute Gasteiger partial charge is 0.338 e. The van der Waals surface area contributed by atoms with E-state index in [1.165, 1.54) is 5.56 Å². The van der Waals surface area contributed by atoms with Crippen molar-refractivity contribution in [3.05, 3.63) is 40.9 Å². The molecule has 2 aromatic rings. The van der Waals surface area contributed by atoms with Gasteiger partial charge in [0.15, 0.2) is 0 Å². The molecule has 1 saturated heterocycles. The van der Waals surface area contributed by atoms with Gasteiger partial charge in [-0.2, -0.15) is 0 Å². The summed E-state index contributed by atoms with van der Waals surface area (Å²) in [4.78, 5) is 19.4. The number of hydrogen-bond acceptors (Lipinski definition) is 4. The first-order valence-electron chi connectivity index (χ1n) is 9.14. The van der Waals surface area contributed by atoms with Crippen molar-refractivity contribution in [3.8, 4) is 10.6 Å². The minimum Gasteiger partial charge on any atom is -0.338 e. The van der Waals surface area contributed by atoms with Crippen LogP contribution >= 0.6 is 11.3 Å². The summed E-state index contributed by atoms with van der Waals surface area (Å²) in [5.41, 5.74) is 9.18. The number of carbonyl (C=O) groups excluding carboxylic acids is 1. The van der Waals surface area contributed by atoms with Crippen molar-refractivity contribution in [2.24, 2.45) is 11.7 Å². The van der Waals surface area contributed by atoms with Crippen LogP contribution in [0.1, 0.15) is 37.9 Å². The highest BCUT2D eigenvalue weighted by molar-refractivity contribution is 7.13. The van der Waals surface area contributed by atoms with E-state index in [0.717, 1.165) is 42.1 Å². The fourth-order valence-electron chi connectivity index (χ4n) is 3.46. The normalized spacial score (nSPS) is 20.7. The van der Waals surface area contributed by atoms with Gasteiger partial charge in [-0.3, -0.25) is 4.79 Å². The van der Waals surface area contributed by atoms with Gasteiger partial charge < -0.3 is 10.6 Å². The standard InChI is InChI=1S/C20H27N3OS/c1-3-15-4-6-16(7-5-15)20-22-17(13-25-20)11-19(24)23-9-8-14(2)10-18(23)12-21/h4-7,13-14,18H,3,8-12,21H2,1-2H3. The Morgan fingerprint density at radius 1 is 1.36 bits per heavy atom. The minimum absolute atomic E-state index is 0.153. The number of amides is 1. The Bertz CT molecular complexity index is 710. The smallest absolute Gasteiger partial charge is 0.228 e. The van der Waals surface area contributed by atoms with Crippen LogP contribution in [0.5, 0.6) is 0 Å². The van der Waals surface area contributed by atoms with E-state index in [2.05, 4.69) is 43.1 Å². The van der Waals surface area contributed by atoms with E-state index in [9.17, 15) is 4.79 Å². The number of benzene rings is 1. The summed E-state index contributed by atoms with van der Waals surface area (Å²) >= 11 is 1.61. The minimum atomic E-state index is 0.153. The van der Waals surface area contributed by atoms with Crippen LogP contribution in [-0.4, -0.2) is 34.9 Å². The molecule has 134 valence electrons. The summed E-state index contributed by atoms with van der Waals surface area (Å²) in [5.74, 6) is 0.801. The third-order valence-corrected chi connectivity index (χ3v) is 6.00. The molecule has 4 nitrogen and oxygen atoms in total. The maximum Gasteiger partial charge on any atom is 0.228 e. The zero-order chi connectivity index (χ0) is 17.8. The summed E-state index contributed by atoms with van der Waals surface area (Å²) in [6.07, 6.45) is 3.48. The Morgan fingerprint density at radius 2 is 2.12 bits per heavy atom. The molecule has 1 aromatic carbocycles. The summed E-state index contributed by atoms with van der Waals surface area (Å²) < 4.78 is 0. The molecule has 2 heterocycles. The van der Waals surface area contributed by atoms with Gasteiger partial charge in [0.1, 0.15) is 5.01 Å². The zero-order valence-corrected chi connectivity index (χ0v) is 15.9. The number of nitrogens with zero attached hydrogens (tertiary/aromatic N) is 2. The number of nitrogens with two attached hydrogens (primary N) is 1. The van der Waals surface area contributed by atoms with Gasteiger partial charge in [0.05, 0.1) is 12.1 Å². The predicted octanol–water partition coefficient (Wildman–Crippen LogP) is 3.50. The fraction of sp³-hybridized carbons (Fsp3) is 0.500. The lowest BCUT2D eigenvalue weighted by molar-refractivity contribution is -0.134. The van der Waals surface area contributed by atoms with E-state index < -0.39 is 0 Å². The molecule has 1 amide bonds. The van der Waals surface area contributed by atoms with E-state index in [0.29, 0.717) is 18.9 Å². The molecule has 1 fully saturated rings. The van der Waals surface area contributed by atoms with Crippen LogP contribution < -0.4 is 5.73 Å². The van der Waals surface area contributed by atoms with Crippen LogP contribution in [0.25, 0.3) is 10.6 Å². The molecule has 1 aliphatic heterocycles. The van der Waals surface area contributed by atoms with Crippen LogP contribution in [0.4, 0.5) is 0 Å². The summed E-state index contributed by atoms with van der Waals surface area (Å²) in [6.45, 7) is 5.75. The van der Waals surface area contributed by atoms with Crippen LogP contribution in [0.2, 0.25) is 0 Å². The van der Waals surface area contributed by atoms with Crippen LogP contribution in [0, 0.1) is 5.92 Å². The highest BCUT2D eigenvalue weighted by Crippen LogP contribution is 2.26. The molecule has 25 heavy (non-hydrogen) atoms. The quantitative estimate of drug-likeness (QED) is 0.891. The van der Waals surface area contributed by atoms with Gasteiger partial charge in [-0.1, -0.05) is 38.1 Å². The first-order valence-corrected chi connectivity index (χ1v) is 10.0. The Balaban J connectivity index is 1.67. The molecule has 2 atom stereocenters. The predicted molar refractivity (Wildman–Crippen MR) is 104 cm³/mol. The third-order valence-electron chi connectivity index (χ3n) is 5.06. The molecular weight excluding hydrogens is 330 g/mol. The van der Waals surface area contributed by atoms with Crippen molar-refractivity contribution in [2.75, 3.05) is 13.1 Å². The number of likely N-dealkylation sites (tertiary alicyclic amines) is 1. The van der Waals surface area contributed by atoms with E-state index in [4.69, 9.17) is 5.73 Å². The van der Waals surface area contributed by atoms with Crippen LogP contribution in [0.3, 0.4) is 0 Å². The summed E-state index contributed by atoms with van der Waals surface area (Å²) in [7, 11) is 0. The molecule has 2 unspecified atom stereocenters. The number of hydrogen-bond donors (Lipinski definition) is 1. The topological polar surface area (TPSA) is 59.2 Å². The first-order chi connectivity index (χ1) is 12.1. The molecule has 3 rings (SSSR count). The highest BCUT2D eigenvalue weighted by atomic mass is 32.1. The molecule has 1 aromatic heterocycles. The van der Waals surface area contributed by atoms with Crippen molar-refractivity contribution >= 4 is 17.2 Å². The molecule has 0 spiro atoms. The monoisotopic (exact) mass is 357 g/mol. The van der Waals surface area contributed by atoms with E-state index in [-0.39, 0.29) is 11.9 Å². The van der Waals surface area contributed by atoms with Crippen molar-refractivity contribution in [3.63, 3.8) is 0 Å². The zero-order valence-electron chi connectivity index (χ0n) is 15.1. The summed E-state index contributed by atoms with van der Waals surface area (Å²) in [5, 5.41) is 2.98. The molecule has 2 N–H and O–H groups in total. The lowest BCUT2D eigenvalue weighted by atomic mass is 9.92. The molecule has 0 bridgehead atoms. The molecule has 0 aliphatic carbocycles. The molecule has 5 heteroatoms. The van der Waals surface area contributed by atoms with Gasteiger partial charge in [-0.05, 0) is 30.7 Å². The van der Waals surface area contributed by atoms with Crippen LogP contribution in [-0.2, 0) is 17.6 Å². The van der Waals surface area contributed by atoms with Crippen molar-refractivity contribution in [2.45, 2.75) is 45.6 Å². The summed E-state index contributed by atoms with van der Waals surface area (Å²) in [6, 6.07) is 8.68. The molecular formula is C20H27N3OS. The molecule has 0 saturated carbocycles. The second-order valence-corrected chi connectivity index (χ2v) is 7.84. The SMILES string of the molecule is CCc1ccc(-c2nc(CC(=O)N3CCC(C)CC3CN)cs2)cc1. The number of aromatic nitrogens is 1. The van der Waals surface area contributed by atoms with Gasteiger partial charge in [-0.15, -0.1) is 11.3 Å². The van der Waals surface area contributed by atoms with Crippen molar-refractivity contribution in [1.82, 2.24) is 9.88 Å². The van der Waals surface area contributed by atoms with E-state index >= 15 is 0 Å². The number of piperidine rings is 1. The Labute approximate surface area is 154 Å². The molecule has 0 radical (unpaired) electrons. The van der Waals surface area contributed by atoms with Gasteiger partial charge in [0.25, 0.3) is 0 Å². The van der Waals surface area contributed by atoms with Gasteiger partial charge >= 0.3 is 0 Å². The third kappa shape index (κ3) is 4.28. The number of rotatable bonds is 5. The van der Waals surface area contributed by atoms with E-state index in [1.807, 2.05) is 10.3 Å². The van der Waals surface area contributed by atoms with Crippen molar-refractivity contribution < 1.29 is 4.79 Å². The average molecular weight is 358 g/mol. The Kier molecular flexibility index (Phi) is 5.86. The number of thiazole rings is 1. The second kappa shape index (κ2) is 8.11. The maximum absolute atomic E-state index is 12.7. The van der Waals surface area contributed by atoms with E-state index in [1.54, 1.807) is 11.3 Å². The lowest BCUT2D eigenvalue weighted by Crippen LogP contribution is -2.49. The van der Waals surface area contributed by atoms with Gasteiger partial charge in [-0.25, -0.2) is 4.98 Å². The van der Waals surface area contributed by atoms with Crippen LogP contribution in [0.15, 0.2) is 29.6 Å². The first kappa shape index (κ1) is 18.1. The fourth-order valence-corrected chi connectivity index (χ4v) is 4.29. The average Bonchev–Trinajstić information content (AvgIpc) is 3.10. The lowest BCUT2D eigenvalue weighted by Gasteiger charge is -2.38. The highest BCUT2D eigenvalue weighted by Gasteiger charge is 2.29. The second-order valence-electron chi connectivity index (χ2n) is 6.98. The Hall–Kier alpha value is -1.72. The molecule has 1 aliphatic rings. The maximum atomic E-state index is 12.7. The number of aryl methyl sites for hydroxylation is 1. The number of carbonyl (C=O) groups is 1. The van der Waals surface area contributed by atoms with Gasteiger partial charge in [0, 0.05) is 30.1 Å². The van der Waals surface area contributed by atoms with Crippen molar-refractivity contribution in [1.29, 1.82) is 0 Å². The van der Waals surface area contributed by atoms with Gasteiger partial charge in [0.2, 0.25) is 5.91 Å². The Morgan fingerprint density at radius 3 is 2.80 bits per heavy atom.